The molecule has 1 aromatic heterocycles. The van der Waals surface area contributed by atoms with Gasteiger partial charge in [0, 0.05) is 22.0 Å². The van der Waals surface area contributed by atoms with Crippen LogP contribution in [-0.2, 0) is 4.79 Å². The van der Waals surface area contributed by atoms with Gasteiger partial charge in [-0.15, -0.1) is 0 Å². The van der Waals surface area contributed by atoms with Gasteiger partial charge in [0.25, 0.3) is 5.91 Å². The van der Waals surface area contributed by atoms with Gasteiger partial charge in [0.05, 0.1) is 17.8 Å². The Morgan fingerprint density at radius 2 is 1.52 bits per heavy atom. The molecule has 0 saturated carbocycles. The fraction of sp³-hybridized carbons (Fsp3) is 0.233. The standard InChI is InChI=1S/C30H28N2O/c1-20(21-12-4-2-5-13-21)32-29(23-16-8-9-17-24(23)30(32)33)27-25-18-10-11-19-26(25)31-28(27)22-14-6-3-7-15-22/h2-7,10-15,18-20,29,31H,8-9,16-17H2,1H3/t20-,29+/m0/s1. The lowest BCUT2D eigenvalue weighted by Gasteiger charge is -2.34. The third-order valence-electron chi connectivity index (χ3n) is 7.39. The minimum Gasteiger partial charge on any atom is -0.354 e. The molecule has 4 aromatic rings. The summed E-state index contributed by atoms with van der Waals surface area (Å²) in [5.74, 6) is 0.218. The molecule has 0 fully saturated rings. The van der Waals surface area contributed by atoms with Gasteiger partial charge in [0.15, 0.2) is 0 Å². The lowest BCUT2D eigenvalue weighted by molar-refractivity contribution is -0.129. The Bertz CT molecular complexity index is 1350. The van der Waals surface area contributed by atoms with E-state index in [0.29, 0.717) is 0 Å². The Hall–Kier alpha value is -3.59. The normalized spacial score (nSPS) is 19.2. The van der Waals surface area contributed by atoms with Crippen molar-refractivity contribution < 1.29 is 4.79 Å². The van der Waals surface area contributed by atoms with Crippen LogP contribution >= 0.6 is 0 Å². The van der Waals surface area contributed by atoms with E-state index < -0.39 is 0 Å². The summed E-state index contributed by atoms with van der Waals surface area (Å²) in [5, 5.41) is 1.21. The number of carbonyl (C=O) groups is 1. The number of benzene rings is 3. The highest BCUT2D eigenvalue weighted by molar-refractivity contribution is 6.01. The van der Waals surface area contributed by atoms with E-state index in [-0.39, 0.29) is 18.0 Å². The number of rotatable bonds is 4. The number of hydrogen-bond donors (Lipinski definition) is 1. The average molecular weight is 433 g/mol. The smallest absolute Gasteiger partial charge is 0.251 e. The number of nitrogens with one attached hydrogen (secondary N) is 1. The van der Waals surface area contributed by atoms with E-state index in [1.165, 1.54) is 22.1 Å². The van der Waals surface area contributed by atoms with Crippen molar-refractivity contribution >= 4 is 16.8 Å². The first-order chi connectivity index (χ1) is 16.2. The van der Waals surface area contributed by atoms with E-state index >= 15 is 0 Å². The Morgan fingerprint density at radius 3 is 2.30 bits per heavy atom. The molecule has 2 aliphatic rings. The van der Waals surface area contributed by atoms with Gasteiger partial charge in [-0.2, -0.15) is 0 Å². The summed E-state index contributed by atoms with van der Waals surface area (Å²) in [4.78, 5) is 19.8. The van der Waals surface area contributed by atoms with Crippen molar-refractivity contribution in [1.29, 1.82) is 0 Å². The molecule has 0 bridgehead atoms. The van der Waals surface area contributed by atoms with E-state index in [0.717, 1.165) is 48.0 Å². The molecule has 33 heavy (non-hydrogen) atoms. The van der Waals surface area contributed by atoms with Crippen LogP contribution in [0.4, 0.5) is 0 Å². The summed E-state index contributed by atoms with van der Waals surface area (Å²) in [7, 11) is 0. The molecule has 3 heteroatoms. The topological polar surface area (TPSA) is 36.1 Å². The number of aromatic amines is 1. The predicted molar refractivity (Wildman–Crippen MR) is 134 cm³/mol. The molecule has 6 rings (SSSR count). The van der Waals surface area contributed by atoms with Crippen LogP contribution in [0.2, 0.25) is 0 Å². The number of aromatic nitrogens is 1. The molecular weight excluding hydrogens is 404 g/mol. The Morgan fingerprint density at radius 1 is 0.848 bits per heavy atom. The van der Waals surface area contributed by atoms with E-state index in [9.17, 15) is 4.79 Å². The second-order valence-electron chi connectivity index (χ2n) is 9.24. The summed E-state index contributed by atoms with van der Waals surface area (Å²) in [6.45, 7) is 2.18. The first kappa shape index (κ1) is 20.0. The van der Waals surface area contributed by atoms with Crippen molar-refractivity contribution in [2.75, 3.05) is 0 Å². The molecule has 1 N–H and O–H groups in total. The molecule has 3 aromatic carbocycles. The van der Waals surface area contributed by atoms with Crippen molar-refractivity contribution in [2.45, 2.75) is 44.7 Å². The molecule has 0 unspecified atom stereocenters. The molecule has 0 radical (unpaired) electrons. The quantitative estimate of drug-likeness (QED) is 0.359. The van der Waals surface area contributed by atoms with Crippen LogP contribution in [0.25, 0.3) is 22.2 Å². The van der Waals surface area contributed by atoms with Crippen molar-refractivity contribution in [1.82, 2.24) is 9.88 Å². The first-order valence-corrected chi connectivity index (χ1v) is 12.0. The van der Waals surface area contributed by atoms with Crippen molar-refractivity contribution in [3.8, 4) is 11.3 Å². The summed E-state index contributed by atoms with van der Waals surface area (Å²) in [6.07, 6.45) is 4.15. The number of amides is 1. The highest BCUT2D eigenvalue weighted by Crippen LogP contribution is 2.51. The zero-order valence-corrected chi connectivity index (χ0v) is 18.9. The Labute approximate surface area is 194 Å². The molecule has 3 nitrogen and oxygen atoms in total. The number of nitrogens with zero attached hydrogens (tertiary/aromatic N) is 1. The summed E-state index contributed by atoms with van der Waals surface area (Å²) >= 11 is 0. The van der Waals surface area contributed by atoms with Gasteiger partial charge >= 0.3 is 0 Å². The Kier molecular flexibility index (Phi) is 4.91. The summed E-state index contributed by atoms with van der Waals surface area (Å²) in [6, 6.07) is 29.4. The predicted octanol–water partition coefficient (Wildman–Crippen LogP) is 7.35. The average Bonchev–Trinajstić information content (AvgIpc) is 3.40. The number of carbonyl (C=O) groups excluding carboxylic acids is 1. The highest BCUT2D eigenvalue weighted by Gasteiger charge is 2.44. The molecule has 2 heterocycles. The minimum absolute atomic E-state index is 0.00779. The second-order valence-corrected chi connectivity index (χ2v) is 9.24. The molecule has 1 aliphatic heterocycles. The SMILES string of the molecule is C[C@@H](c1ccccc1)N1C(=O)C2=C(CCCC2)[C@@H]1c1c(-c2ccccc2)[nH]c2ccccc12. The maximum absolute atomic E-state index is 13.9. The third-order valence-corrected chi connectivity index (χ3v) is 7.39. The number of H-pyrrole nitrogens is 1. The van der Waals surface area contributed by atoms with Crippen LogP contribution in [0.1, 0.15) is 55.8 Å². The molecule has 0 spiro atoms. The first-order valence-electron chi connectivity index (χ1n) is 12.0. The summed E-state index contributed by atoms with van der Waals surface area (Å²) < 4.78 is 0. The zero-order valence-electron chi connectivity index (χ0n) is 18.9. The monoisotopic (exact) mass is 432 g/mol. The molecule has 1 aliphatic carbocycles. The second kappa shape index (κ2) is 8.08. The van der Waals surface area contributed by atoms with Crippen LogP contribution in [0.3, 0.4) is 0 Å². The number of hydrogen-bond acceptors (Lipinski definition) is 1. The Balaban J connectivity index is 1.60. The van der Waals surface area contributed by atoms with Crippen molar-refractivity contribution in [3.63, 3.8) is 0 Å². The molecule has 164 valence electrons. The van der Waals surface area contributed by atoms with Gasteiger partial charge in [-0.25, -0.2) is 0 Å². The van der Waals surface area contributed by atoms with Gasteiger partial charge in [0.1, 0.15) is 0 Å². The highest BCUT2D eigenvalue weighted by atomic mass is 16.2. The van der Waals surface area contributed by atoms with Gasteiger partial charge in [-0.1, -0.05) is 78.9 Å². The fourth-order valence-corrected chi connectivity index (χ4v) is 5.80. The van der Waals surface area contributed by atoms with Crippen LogP contribution < -0.4 is 0 Å². The zero-order chi connectivity index (χ0) is 22.4. The fourth-order valence-electron chi connectivity index (χ4n) is 5.80. The van der Waals surface area contributed by atoms with E-state index in [1.807, 2.05) is 6.07 Å². The van der Waals surface area contributed by atoms with Crippen LogP contribution in [0.15, 0.2) is 96.1 Å². The maximum Gasteiger partial charge on any atom is 0.251 e. The largest absolute Gasteiger partial charge is 0.354 e. The van der Waals surface area contributed by atoms with Gasteiger partial charge < -0.3 is 9.88 Å². The third kappa shape index (κ3) is 3.22. The van der Waals surface area contributed by atoms with Gasteiger partial charge in [0.2, 0.25) is 0 Å². The maximum atomic E-state index is 13.9. The van der Waals surface area contributed by atoms with E-state index in [4.69, 9.17) is 0 Å². The number of fused-ring (bicyclic) bond motifs is 1. The lowest BCUT2D eigenvalue weighted by atomic mass is 9.85. The number of para-hydroxylation sites is 1. The van der Waals surface area contributed by atoms with Crippen molar-refractivity contribution in [2.24, 2.45) is 0 Å². The van der Waals surface area contributed by atoms with E-state index in [1.54, 1.807) is 0 Å². The van der Waals surface area contributed by atoms with Crippen LogP contribution in [0.5, 0.6) is 0 Å². The molecule has 1 amide bonds. The molecular formula is C30H28N2O. The van der Waals surface area contributed by atoms with Crippen LogP contribution in [-0.4, -0.2) is 15.8 Å². The summed E-state index contributed by atoms with van der Waals surface area (Å²) in [5.41, 5.74) is 8.20. The van der Waals surface area contributed by atoms with Crippen LogP contribution in [0, 0.1) is 0 Å². The van der Waals surface area contributed by atoms with E-state index in [2.05, 4.69) is 95.7 Å². The molecule has 2 atom stereocenters. The van der Waals surface area contributed by atoms with Crippen molar-refractivity contribution in [3.05, 3.63) is 107 Å². The molecule has 0 saturated heterocycles. The minimum atomic E-state index is -0.0469. The van der Waals surface area contributed by atoms with Gasteiger partial charge in [-0.3, -0.25) is 4.79 Å². The lowest BCUT2D eigenvalue weighted by Crippen LogP contribution is -2.33. The van der Waals surface area contributed by atoms with Gasteiger partial charge in [-0.05, 0) is 55.4 Å².